The molecule has 0 N–H and O–H groups in total. The lowest BCUT2D eigenvalue weighted by molar-refractivity contribution is -0.159. The summed E-state index contributed by atoms with van der Waals surface area (Å²) in [6.07, 6.45) is 0.145. The molecule has 0 spiro atoms. The molecule has 136 valence electrons. The van der Waals surface area contributed by atoms with E-state index in [9.17, 15) is 14.4 Å². The molecule has 6 heteroatoms. The largest absolute Gasteiger partial charge is 0.466 e. The van der Waals surface area contributed by atoms with Crippen molar-refractivity contribution in [2.75, 3.05) is 26.3 Å². The van der Waals surface area contributed by atoms with Crippen molar-refractivity contribution in [1.82, 2.24) is 4.90 Å². The van der Waals surface area contributed by atoms with Crippen molar-refractivity contribution in [3.05, 3.63) is 35.9 Å². The van der Waals surface area contributed by atoms with Crippen LogP contribution in [-0.4, -0.2) is 48.9 Å². The third-order valence-corrected chi connectivity index (χ3v) is 4.37. The average Bonchev–Trinajstić information content (AvgIpc) is 2.91. The van der Waals surface area contributed by atoms with Crippen LogP contribution in [0.25, 0.3) is 0 Å². The molecule has 1 aromatic carbocycles. The van der Waals surface area contributed by atoms with Crippen molar-refractivity contribution < 1.29 is 23.9 Å². The van der Waals surface area contributed by atoms with Gasteiger partial charge in [-0.1, -0.05) is 30.3 Å². The molecule has 1 unspecified atom stereocenters. The van der Waals surface area contributed by atoms with Gasteiger partial charge in [-0.2, -0.15) is 0 Å². The predicted molar refractivity (Wildman–Crippen MR) is 91.7 cm³/mol. The Hall–Kier alpha value is -2.21. The van der Waals surface area contributed by atoms with Gasteiger partial charge in [0.05, 0.1) is 19.8 Å². The van der Waals surface area contributed by atoms with E-state index in [-0.39, 0.29) is 44.9 Å². The molecule has 6 nitrogen and oxygen atoms in total. The number of hydrogen-bond donors (Lipinski definition) is 0. The molecule has 2 rings (SSSR count). The highest BCUT2D eigenvalue weighted by Gasteiger charge is 2.52. The topological polar surface area (TPSA) is 72.9 Å². The first-order chi connectivity index (χ1) is 12.0. The molecule has 1 aliphatic heterocycles. The summed E-state index contributed by atoms with van der Waals surface area (Å²) < 4.78 is 10.1. The highest BCUT2D eigenvalue weighted by atomic mass is 16.5. The molecule has 0 radical (unpaired) electrons. The number of rotatable bonds is 8. The summed E-state index contributed by atoms with van der Waals surface area (Å²) in [4.78, 5) is 38.8. The number of nitrogens with zero attached hydrogens (tertiary/aromatic N) is 1. The smallest absolute Gasteiger partial charge is 0.321 e. The Labute approximate surface area is 148 Å². The summed E-state index contributed by atoms with van der Waals surface area (Å²) >= 11 is 0. The Kier molecular flexibility index (Phi) is 6.70. The first kappa shape index (κ1) is 19.1. The molecule has 1 aliphatic rings. The summed E-state index contributed by atoms with van der Waals surface area (Å²) in [5.74, 6) is -1.13. The molecule has 1 atom stereocenters. The summed E-state index contributed by atoms with van der Waals surface area (Å²) in [7, 11) is 0. The molecule has 1 heterocycles. The minimum absolute atomic E-state index is 0.0254. The van der Waals surface area contributed by atoms with Gasteiger partial charge in [-0.25, -0.2) is 0 Å². The summed E-state index contributed by atoms with van der Waals surface area (Å²) in [6.45, 7) is 4.92. The molecule has 1 saturated heterocycles. The lowest BCUT2D eigenvalue weighted by Crippen LogP contribution is -2.41. The number of ketones is 1. The van der Waals surface area contributed by atoms with E-state index >= 15 is 0 Å². The number of carbonyl (C=O) groups excluding carboxylic acids is 3. The number of ether oxygens (including phenoxy) is 2. The van der Waals surface area contributed by atoms with E-state index in [0.717, 1.165) is 5.56 Å². The Bertz CT molecular complexity index is 616. The fourth-order valence-electron chi connectivity index (χ4n) is 3.15. The van der Waals surface area contributed by atoms with E-state index in [0.29, 0.717) is 6.54 Å². The van der Waals surface area contributed by atoms with Crippen LogP contribution in [0, 0.1) is 5.41 Å². The summed E-state index contributed by atoms with van der Waals surface area (Å²) in [5, 5.41) is 0. The van der Waals surface area contributed by atoms with Crippen LogP contribution in [0.2, 0.25) is 0 Å². The lowest BCUT2D eigenvalue weighted by Gasteiger charge is -2.25. The number of Topliss-reactive ketones (excluding diaryl/α,β-unsaturated/α-hetero) is 1. The van der Waals surface area contributed by atoms with E-state index in [4.69, 9.17) is 9.47 Å². The molecular weight excluding hydrogens is 322 g/mol. The molecule has 1 aromatic rings. The maximum Gasteiger partial charge on any atom is 0.321 e. The van der Waals surface area contributed by atoms with Gasteiger partial charge in [-0.05, 0) is 25.8 Å². The first-order valence-electron chi connectivity index (χ1n) is 8.64. The lowest BCUT2D eigenvalue weighted by atomic mass is 9.81. The Morgan fingerprint density at radius 3 is 2.44 bits per heavy atom. The van der Waals surface area contributed by atoms with Crippen molar-refractivity contribution in [3.63, 3.8) is 0 Å². The van der Waals surface area contributed by atoms with Gasteiger partial charge >= 0.3 is 11.9 Å². The first-order valence-corrected chi connectivity index (χ1v) is 8.64. The monoisotopic (exact) mass is 347 g/mol. The second kappa shape index (κ2) is 8.76. The molecule has 0 bridgehead atoms. The zero-order valence-corrected chi connectivity index (χ0v) is 14.8. The zero-order valence-electron chi connectivity index (χ0n) is 14.8. The van der Waals surface area contributed by atoms with Gasteiger partial charge in [0.15, 0.2) is 5.78 Å². The second-order valence-corrected chi connectivity index (χ2v) is 6.16. The Balaban J connectivity index is 2.12. The fourth-order valence-corrected chi connectivity index (χ4v) is 3.15. The maximum atomic E-state index is 12.7. The van der Waals surface area contributed by atoms with Gasteiger partial charge in [0.1, 0.15) is 5.41 Å². The molecule has 0 aliphatic carbocycles. The van der Waals surface area contributed by atoms with Crippen molar-refractivity contribution >= 4 is 17.7 Å². The molecule has 1 fully saturated rings. The number of likely N-dealkylation sites (tertiary alicyclic amines) is 1. The van der Waals surface area contributed by atoms with Crippen LogP contribution in [0.5, 0.6) is 0 Å². The molecule has 25 heavy (non-hydrogen) atoms. The van der Waals surface area contributed by atoms with Gasteiger partial charge in [-0.3, -0.25) is 19.3 Å². The molecule has 0 amide bonds. The van der Waals surface area contributed by atoms with Crippen LogP contribution in [0.4, 0.5) is 0 Å². The minimum Gasteiger partial charge on any atom is -0.466 e. The van der Waals surface area contributed by atoms with Crippen molar-refractivity contribution in [2.45, 2.75) is 33.2 Å². The third kappa shape index (κ3) is 4.66. The quantitative estimate of drug-likeness (QED) is 0.529. The Morgan fingerprint density at radius 2 is 1.80 bits per heavy atom. The maximum absolute atomic E-state index is 12.7. The van der Waals surface area contributed by atoms with E-state index < -0.39 is 17.4 Å². The molecular formula is C19H25NO5. The number of hydrogen-bond acceptors (Lipinski definition) is 6. The number of carbonyl (C=O) groups is 3. The highest BCUT2D eigenvalue weighted by Crippen LogP contribution is 2.35. The molecule has 0 saturated carbocycles. The zero-order chi connectivity index (χ0) is 18.3. The van der Waals surface area contributed by atoms with Crippen LogP contribution in [0.1, 0.15) is 32.3 Å². The summed E-state index contributed by atoms with van der Waals surface area (Å²) in [5.41, 5.74) is -0.210. The van der Waals surface area contributed by atoms with E-state index in [1.807, 2.05) is 35.2 Å². The normalized spacial score (nSPS) is 20.5. The second-order valence-electron chi connectivity index (χ2n) is 6.16. The Morgan fingerprint density at radius 1 is 1.12 bits per heavy atom. The third-order valence-electron chi connectivity index (χ3n) is 4.37. The van der Waals surface area contributed by atoms with Gasteiger partial charge in [0.25, 0.3) is 0 Å². The van der Waals surface area contributed by atoms with Crippen LogP contribution in [-0.2, 0) is 30.4 Å². The van der Waals surface area contributed by atoms with Crippen molar-refractivity contribution in [2.24, 2.45) is 5.41 Å². The van der Waals surface area contributed by atoms with Crippen molar-refractivity contribution in [3.8, 4) is 0 Å². The van der Waals surface area contributed by atoms with Crippen molar-refractivity contribution in [1.29, 1.82) is 0 Å². The standard InChI is InChI=1S/C19H25NO5/c1-3-24-17(22)10-11-19(18(23)25-4-2)14-20(13-16(19)21)12-15-8-6-5-7-9-15/h5-9H,3-4,10-14H2,1-2H3. The fraction of sp³-hybridized carbons (Fsp3) is 0.526. The number of esters is 2. The van der Waals surface area contributed by atoms with Gasteiger partial charge in [0.2, 0.25) is 0 Å². The van der Waals surface area contributed by atoms with Crippen LogP contribution in [0.3, 0.4) is 0 Å². The minimum atomic E-state index is -1.28. The van der Waals surface area contributed by atoms with E-state index in [1.165, 1.54) is 0 Å². The van der Waals surface area contributed by atoms with Crippen LogP contribution >= 0.6 is 0 Å². The number of benzene rings is 1. The van der Waals surface area contributed by atoms with E-state index in [2.05, 4.69) is 0 Å². The van der Waals surface area contributed by atoms with E-state index in [1.54, 1.807) is 13.8 Å². The van der Waals surface area contributed by atoms with Crippen LogP contribution < -0.4 is 0 Å². The van der Waals surface area contributed by atoms with Gasteiger partial charge in [-0.15, -0.1) is 0 Å². The van der Waals surface area contributed by atoms with Gasteiger partial charge < -0.3 is 9.47 Å². The summed E-state index contributed by atoms with van der Waals surface area (Å²) in [6, 6.07) is 9.76. The predicted octanol–water partition coefficient (Wildman–Crippen LogP) is 1.96. The highest BCUT2D eigenvalue weighted by molar-refractivity contribution is 6.06. The SMILES string of the molecule is CCOC(=O)CCC1(C(=O)OCC)CN(Cc2ccccc2)CC1=O. The average molecular weight is 347 g/mol. The molecule has 0 aromatic heterocycles. The van der Waals surface area contributed by atoms with Crippen LogP contribution in [0.15, 0.2) is 30.3 Å². The van der Waals surface area contributed by atoms with Gasteiger partial charge in [0, 0.05) is 19.5 Å².